The van der Waals surface area contributed by atoms with Gasteiger partial charge in [0.15, 0.2) is 0 Å². The number of hydrogen-bond donors (Lipinski definition) is 1. The molecule has 7 nitrogen and oxygen atoms in total. The van der Waals surface area contributed by atoms with Crippen molar-refractivity contribution in [3.8, 4) is 5.75 Å². The Morgan fingerprint density at radius 1 is 1.06 bits per heavy atom. The van der Waals surface area contributed by atoms with E-state index in [0.717, 1.165) is 9.87 Å². The Morgan fingerprint density at radius 3 is 2.39 bits per heavy atom. The quantitative estimate of drug-likeness (QED) is 0.366. The maximum Gasteiger partial charge on any atom is 0.255 e. The number of sulfonamides is 1. The molecule has 0 bridgehead atoms. The maximum absolute atomic E-state index is 13.3. The van der Waals surface area contributed by atoms with Crippen molar-refractivity contribution in [2.45, 2.75) is 18.4 Å². The zero-order chi connectivity index (χ0) is 23.8. The molecular weight excluding hydrogens is 462 g/mol. The van der Waals surface area contributed by atoms with Crippen LogP contribution >= 0.6 is 11.6 Å². The van der Waals surface area contributed by atoms with Gasteiger partial charge in [0.1, 0.15) is 5.75 Å². The predicted molar refractivity (Wildman–Crippen MR) is 129 cm³/mol. The number of nitrogens with zero attached hydrogens (tertiary/aromatic N) is 2. The van der Waals surface area contributed by atoms with Crippen molar-refractivity contribution >= 4 is 33.7 Å². The number of para-hydroxylation sites is 1. The first-order valence-corrected chi connectivity index (χ1v) is 11.9. The molecule has 0 atom stereocenters. The monoisotopic (exact) mass is 485 g/mol. The zero-order valence-corrected chi connectivity index (χ0v) is 19.8. The molecule has 33 heavy (non-hydrogen) atoms. The van der Waals surface area contributed by atoms with Crippen LogP contribution in [0.15, 0.2) is 82.8 Å². The van der Waals surface area contributed by atoms with Crippen LogP contribution in [0.1, 0.15) is 16.7 Å². The van der Waals surface area contributed by atoms with E-state index in [4.69, 9.17) is 16.3 Å². The molecule has 1 amide bonds. The molecule has 0 radical (unpaired) electrons. The Balaban J connectivity index is 1.79. The van der Waals surface area contributed by atoms with Crippen LogP contribution in [0, 0.1) is 6.92 Å². The van der Waals surface area contributed by atoms with Crippen LogP contribution in [-0.4, -0.2) is 38.5 Å². The molecule has 3 aromatic carbocycles. The van der Waals surface area contributed by atoms with Crippen LogP contribution < -0.4 is 10.2 Å². The lowest BCUT2D eigenvalue weighted by atomic mass is 10.2. The van der Waals surface area contributed by atoms with Gasteiger partial charge in [0.2, 0.25) is 10.0 Å². The number of benzene rings is 3. The Hall–Kier alpha value is -3.20. The molecule has 0 unspecified atom stereocenters. The van der Waals surface area contributed by atoms with Gasteiger partial charge in [-0.15, -0.1) is 0 Å². The van der Waals surface area contributed by atoms with E-state index in [1.807, 2.05) is 19.1 Å². The zero-order valence-electron chi connectivity index (χ0n) is 18.2. The van der Waals surface area contributed by atoms with E-state index in [1.54, 1.807) is 48.5 Å². The van der Waals surface area contributed by atoms with Crippen LogP contribution in [0.4, 0.5) is 0 Å². The standard InChI is InChI=1S/C24H24ClN3O4S/c1-18-7-13-22(14-8-18)33(30,31)28(16-19-9-11-21(25)12-10-19)17-24(29)27-26-15-20-5-3-4-6-23(20)32-2/h3-15H,16-17H2,1-2H3,(H,27,29). The second-order valence-corrected chi connectivity index (χ2v) is 9.62. The molecule has 0 heterocycles. The summed E-state index contributed by atoms with van der Waals surface area (Å²) in [5.74, 6) is 0.0209. The minimum absolute atomic E-state index is 0.00296. The summed E-state index contributed by atoms with van der Waals surface area (Å²) in [5, 5.41) is 4.48. The molecule has 0 aliphatic heterocycles. The molecule has 0 spiro atoms. The van der Waals surface area contributed by atoms with Crippen LogP contribution in [0.2, 0.25) is 5.02 Å². The molecule has 172 valence electrons. The van der Waals surface area contributed by atoms with Crippen molar-refractivity contribution in [2.24, 2.45) is 5.10 Å². The topological polar surface area (TPSA) is 88.1 Å². The van der Waals surface area contributed by atoms with E-state index in [2.05, 4.69) is 10.5 Å². The fourth-order valence-corrected chi connectivity index (χ4v) is 4.53. The summed E-state index contributed by atoms with van der Waals surface area (Å²) in [4.78, 5) is 12.7. The third kappa shape index (κ3) is 6.64. The smallest absolute Gasteiger partial charge is 0.255 e. The lowest BCUT2D eigenvalue weighted by Crippen LogP contribution is -2.39. The van der Waals surface area contributed by atoms with E-state index in [1.165, 1.54) is 25.5 Å². The SMILES string of the molecule is COc1ccccc1C=NNC(=O)CN(Cc1ccc(Cl)cc1)S(=O)(=O)c1ccc(C)cc1. The third-order valence-electron chi connectivity index (χ3n) is 4.78. The highest BCUT2D eigenvalue weighted by atomic mass is 35.5. The summed E-state index contributed by atoms with van der Waals surface area (Å²) in [7, 11) is -2.40. The third-order valence-corrected chi connectivity index (χ3v) is 6.84. The van der Waals surface area contributed by atoms with Crippen LogP contribution in [-0.2, 0) is 21.4 Å². The van der Waals surface area contributed by atoms with Crippen LogP contribution in [0.25, 0.3) is 0 Å². The van der Waals surface area contributed by atoms with Gasteiger partial charge in [-0.2, -0.15) is 9.41 Å². The first-order valence-electron chi connectivity index (χ1n) is 10.1. The van der Waals surface area contributed by atoms with Crippen molar-refractivity contribution in [1.29, 1.82) is 0 Å². The lowest BCUT2D eigenvalue weighted by molar-refractivity contribution is -0.121. The van der Waals surface area contributed by atoms with Crippen LogP contribution in [0.5, 0.6) is 5.75 Å². The fraction of sp³-hybridized carbons (Fsp3) is 0.167. The Kier molecular flexibility index (Phi) is 8.21. The number of halogens is 1. The highest BCUT2D eigenvalue weighted by Crippen LogP contribution is 2.20. The number of rotatable bonds is 9. The molecular formula is C24H24ClN3O4S. The fourth-order valence-electron chi connectivity index (χ4n) is 3.02. The van der Waals surface area contributed by atoms with Crippen molar-refractivity contribution in [1.82, 2.24) is 9.73 Å². The van der Waals surface area contributed by atoms with Gasteiger partial charge in [0.05, 0.1) is 24.8 Å². The first-order chi connectivity index (χ1) is 15.8. The number of carbonyl (C=O) groups excluding carboxylic acids is 1. The van der Waals surface area contributed by atoms with E-state index < -0.39 is 22.5 Å². The number of methoxy groups -OCH3 is 1. The van der Waals surface area contributed by atoms with E-state index in [-0.39, 0.29) is 11.4 Å². The number of ether oxygens (including phenoxy) is 1. The van der Waals surface area contributed by atoms with Gasteiger partial charge < -0.3 is 4.74 Å². The molecule has 1 N–H and O–H groups in total. The summed E-state index contributed by atoms with van der Waals surface area (Å²) in [6, 6.07) is 20.4. The number of nitrogens with one attached hydrogen (secondary N) is 1. The molecule has 0 saturated carbocycles. The average molecular weight is 486 g/mol. The maximum atomic E-state index is 13.3. The van der Waals surface area contributed by atoms with Gasteiger partial charge in [0.25, 0.3) is 5.91 Å². The van der Waals surface area contributed by atoms with E-state index in [9.17, 15) is 13.2 Å². The Bertz CT molecular complexity index is 1230. The highest BCUT2D eigenvalue weighted by molar-refractivity contribution is 7.89. The van der Waals surface area contributed by atoms with Gasteiger partial charge in [0, 0.05) is 17.1 Å². The number of amides is 1. The molecule has 0 aliphatic carbocycles. The molecule has 0 aliphatic rings. The van der Waals surface area contributed by atoms with Crippen molar-refractivity contribution in [2.75, 3.05) is 13.7 Å². The summed E-state index contributed by atoms with van der Waals surface area (Å²) >= 11 is 5.94. The predicted octanol–water partition coefficient (Wildman–Crippen LogP) is 4.00. The Labute approximate surface area is 198 Å². The van der Waals surface area contributed by atoms with Crippen LogP contribution in [0.3, 0.4) is 0 Å². The first kappa shape index (κ1) is 24.4. The number of hydrogen-bond acceptors (Lipinski definition) is 5. The summed E-state index contributed by atoms with van der Waals surface area (Å²) < 4.78 is 32.9. The highest BCUT2D eigenvalue weighted by Gasteiger charge is 2.27. The molecule has 0 saturated heterocycles. The molecule has 0 fully saturated rings. The molecule has 3 aromatic rings. The second kappa shape index (κ2) is 11.1. The molecule has 9 heteroatoms. The number of aryl methyl sites for hydroxylation is 1. The van der Waals surface area contributed by atoms with Crippen molar-refractivity contribution in [3.63, 3.8) is 0 Å². The summed E-state index contributed by atoms with van der Waals surface area (Å²) in [6.07, 6.45) is 1.44. The largest absolute Gasteiger partial charge is 0.496 e. The van der Waals surface area contributed by atoms with Gasteiger partial charge >= 0.3 is 0 Å². The average Bonchev–Trinajstić information content (AvgIpc) is 2.80. The number of hydrazone groups is 1. The second-order valence-electron chi connectivity index (χ2n) is 7.25. The summed E-state index contributed by atoms with van der Waals surface area (Å²) in [6.45, 7) is 1.45. The van der Waals surface area contributed by atoms with Crippen molar-refractivity contribution < 1.29 is 17.9 Å². The number of carbonyl (C=O) groups is 1. The van der Waals surface area contributed by atoms with E-state index in [0.29, 0.717) is 21.9 Å². The minimum Gasteiger partial charge on any atom is -0.496 e. The van der Waals surface area contributed by atoms with E-state index >= 15 is 0 Å². The summed E-state index contributed by atoms with van der Waals surface area (Å²) in [5.41, 5.74) is 4.69. The minimum atomic E-state index is -3.94. The lowest BCUT2D eigenvalue weighted by Gasteiger charge is -2.21. The van der Waals surface area contributed by atoms with Gasteiger partial charge in [-0.3, -0.25) is 4.79 Å². The molecule has 3 rings (SSSR count). The Morgan fingerprint density at radius 2 is 1.73 bits per heavy atom. The van der Waals surface area contributed by atoms with Gasteiger partial charge in [-0.1, -0.05) is 53.6 Å². The van der Waals surface area contributed by atoms with Gasteiger partial charge in [-0.25, -0.2) is 13.8 Å². The van der Waals surface area contributed by atoms with Crippen molar-refractivity contribution in [3.05, 3.63) is 94.5 Å². The van der Waals surface area contributed by atoms with Gasteiger partial charge in [-0.05, 0) is 48.9 Å². The normalized spacial score (nSPS) is 11.6. The molecule has 0 aromatic heterocycles.